The summed E-state index contributed by atoms with van der Waals surface area (Å²) in [4.78, 5) is 26.3. The minimum atomic E-state index is -4.50. The van der Waals surface area contributed by atoms with E-state index in [1.807, 2.05) is 0 Å². The van der Waals surface area contributed by atoms with Crippen LogP contribution in [0, 0.1) is 6.92 Å². The van der Waals surface area contributed by atoms with E-state index in [1.165, 1.54) is 6.92 Å². The van der Waals surface area contributed by atoms with Crippen LogP contribution >= 0.6 is 0 Å². The molecule has 0 unspecified atom stereocenters. The SMILES string of the molecule is CCOC(=O)c1c[nH]c2cc(C(F)(F)F)c(C)cc2c1=O. The molecule has 0 spiro atoms. The molecule has 0 saturated carbocycles. The lowest BCUT2D eigenvalue weighted by atomic mass is 10.0. The summed E-state index contributed by atoms with van der Waals surface area (Å²) in [7, 11) is 0. The Labute approximate surface area is 117 Å². The number of nitrogens with one attached hydrogen (secondary N) is 1. The highest BCUT2D eigenvalue weighted by Crippen LogP contribution is 2.33. The molecule has 2 aromatic rings. The number of halogens is 3. The first-order chi connectivity index (χ1) is 9.75. The van der Waals surface area contributed by atoms with Crippen LogP contribution in [0.25, 0.3) is 10.9 Å². The van der Waals surface area contributed by atoms with Crippen LogP contribution in [0.1, 0.15) is 28.4 Å². The molecular formula is C14H12F3NO3. The molecule has 0 radical (unpaired) electrons. The summed E-state index contributed by atoms with van der Waals surface area (Å²) in [5.74, 6) is -0.807. The Morgan fingerprint density at radius 1 is 1.33 bits per heavy atom. The second-order valence-corrected chi connectivity index (χ2v) is 4.46. The van der Waals surface area contributed by atoms with E-state index in [2.05, 4.69) is 4.98 Å². The van der Waals surface area contributed by atoms with Gasteiger partial charge in [-0.15, -0.1) is 0 Å². The highest BCUT2D eigenvalue weighted by atomic mass is 19.4. The summed E-state index contributed by atoms with van der Waals surface area (Å²) in [5.41, 5.74) is -1.77. The number of rotatable bonds is 2. The minimum absolute atomic E-state index is 0.0194. The molecule has 0 aliphatic carbocycles. The number of H-pyrrole nitrogens is 1. The lowest BCUT2D eigenvalue weighted by Crippen LogP contribution is -2.19. The van der Waals surface area contributed by atoms with Gasteiger partial charge in [0.1, 0.15) is 5.56 Å². The van der Waals surface area contributed by atoms with Crippen molar-refractivity contribution in [3.8, 4) is 0 Å². The highest BCUT2D eigenvalue weighted by Gasteiger charge is 2.33. The number of carbonyl (C=O) groups is 1. The number of carbonyl (C=O) groups excluding carboxylic acids is 1. The first-order valence-corrected chi connectivity index (χ1v) is 6.16. The minimum Gasteiger partial charge on any atom is -0.462 e. The van der Waals surface area contributed by atoms with E-state index in [9.17, 15) is 22.8 Å². The molecule has 0 fully saturated rings. The number of benzene rings is 1. The van der Waals surface area contributed by atoms with Gasteiger partial charge in [0.2, 0.25) is 5.43 Å². The van der Waals surface area contributed by atoms with Crippen LogP contribution in [-0.4, -0.2) is 17.6 Å². The van der Waals surface area contributed by atoms with Gasteiger partial charge >= 0.3 is 12.1 Å². The van der Waals surface area contributed by atoms with E-state index in [0.717, 1.165) is 18.3 Å². The van der Waals surface area contributed by atoms with Crippen molar-refractivity contribution in [3.63, 3.8) is 0 Å². The predicted molar refractivity (Wildman–Crippen MR) is 70.3 cm³/mol. The van der Waals surface area contributed by atoms with Crippen molar-refractivity contribution in [1.82, 2.24) is 4.98 Å². The fourth-order valence-electron chi connectivity index (χ4n) is 2.04. The number of aromatic nitrogens is 1. The van der Waals surface area contributed by atoms with Crippen molar-refractivity contribution >= 4 is 16.9 Å². The molecule has 1 heterocycles. The molecule has 21 heavy (non-hydrogen) atoms. The van der Waals surface area contributed by atoms with E-state index >= 15 is 0 Å². The van der Waals surface area contributed by atoms with Crippen molar-refractivity contribution in [3.05, 3.63) is 45.2 Å². The monoisotopic (exact) mass is 299 g/mol. The number of hydrogen-bond acceptors (Lipinski definition) is 3. The Morgan fingerprint density at radius 3 is 2.57 bits per heavy atom. The van der Waals surface area contributed by atoms with Gasteiger partial charge in [-0.2, -0.15) is 13.2 Å². The maximum atomic E-state index is 12.8. The highest BCUT2D eigenvalue weighted by molar-refractivity contribution is 5.93. The summed E-state index contributed by atoms with van der Waals surface area (Å²) >= 11 is 0. The van der Waals surface area contributed by atoms with Gasteiger partial charge in [-0.1, -0.05) is 0 Å². The third kappa shape index (κ3) is 2.76. The number of ether oxygens (including phenoxy) is 1. The average molecular weight is 299 g/mol. The smallest absolute Gasteiger partial charge is 0.416 e. The number of fused-ring (bicyclic) bond motifs is 1. The summed E-state index contributed by atoms with van der Waals surface area (Å²) in [5, 5.41) is 0.0195. The molecule has 0 saturated heterocycles. The Balaban J connectivity index is 2.68. The van der Waals surface area contributed by atoms with Gasteiger partial charge < -0.3 is 9.72 Å². The van der Waals surface area contributed by atoms with Gasteiger partial charge in [0.05, 0.1) is 12.2 Å². The zero-order valence-corrected chi connectivity index (χ0v) is 11.3. The van der Waals surface area contributed by atoms with E-state index in [-0.39, 0.29) is 28.6 Å². The van der Waals surface area contributed by atoms with Crippen molar-refractivity contribution in [2.24, 2.45) is 0 Å². The first kappa shape index (κ1) is 15.1. The first-order valence-electron chi connectivity index (χ1n) is 6.16. The van der Waals surface area contributed by atoms with Crippen LogP contribution in [0.5, 0.6) is 0 Å². The summed E-state index contributed by atoms with van der Waals surface area (Å²) in [6, 6.07) is 1.99. The zero-order chi connectivity index (χ0) is 15.8. The summed E-state index contributed by atoms with van der Waals surface area (Å²) in [6.07, 6.45) is -3.44. The Kier molecular flexibility index (Phi) is 3.76. The molecule has 0 aliphatic heterocycles. The Morgan fingerprint density at radius 2 is 2.00 bits per heavy atom. The number of aryl methyl sites for hydroxylation is 1. The molecule has 1 aromatic carbocycles. The van der Waals surface area contributed by atoms with Crippen molar-refractivity contribution in [1.29, 1.82) is 0 Å². The standard InChI is InChI=1S/C14H12F3NO3/c1-3-21-13(20)9-6-18-11-5-10(14(15,16)17)7(2)4-8(11)12(9)19/h4-6H,3H2,1-2H3,(H,18,19). The number of alkyl halides is 3. The van der Waals surface area contributed by atoms with Gasteiger partial charge in [0, 0.05) is 17.1 Å². The van der Waals surface area contributed by atoms with E-state index in [1.54, 1.807) is 6.92 Å². The second-order valence-electron chi connectivity index (χ2n) is 4.46. The van der Waals surface area contributed by atoms with Gasteiger partial charge in [-0.3, -0.25) is 4.79 Å². The third-order valence-corrected chi connectivity index (χ3v) is 3.03. The second kappa shape index (κ2) is 5.23. The van der Waals surface area contributed by atoms with Crippen LogP contribution < -0.4 is 5.43 Å². The third-order valence-electron chi connectivity index (χ3n) is 3.03. The van der Waals surface area contributed by atoms with Gasteiger partial charge in [0.15, 0.2) is 0 Å². The van der Waals surface area contributed by atoms with Gasteiger partial charge in [0.25, 0.3) is 0 Å². The molecule has 112 valence electrons. The Bertz CT molecular complexity index is 762. The molecule has 0 aliphatic rings. The van der Waals surface area contributed by atoms with Crippen molar-refractivity contribution in [2.75, 3.05) is 6.61 Å². The molecule has 4 nitrogen and oxygen atoms in total. The van der Waals surface area contributed by atoms with Gasteiger partial charge in [-0.25, -0.2) is 4.79 Å². The lowest BCUT2D eigenvalue weighted by molar-refractivity contribution is -0.137. The molecule has 0 atom stereocenters. The fourth-order valence-corrected chi connectivity index (χ4v) is 2.04. The summed E-state index contributed by atoms with van der Waals surface area (Å²) in [6.45, 7) is 2.95. The zero-order valence-electron chi connectivity index (χ0n) is 11.3. The number of esters is 1. The van der Waals surface area contributed by atoms with Crippen molar-refractivity contribution in [2.45, 2.75) is 20.0 Å². The quantitative estimate of drug-likeness (QED) is 0.867. The molecule has 2 rings (SSSR count). The van der Waals surface area contributed by atoms with Crippen LogP contribution in [0.4, 0.5) is 13.2 Å². The van der Waals surface area contributed by atoms with E-state index < -0.39 is 23.1 Å². The largest absolute Gasteiger partial charge is 0.462 e. The van der Waals surface area contributed by atoms with Crippen LogP contribution in [-0.2, 0) is 10.9 Å². The molecule has 0 bridgehead atoms. The van der Waals surface area contributed by atoms with Crippen LogP contribution in [0.2, 0.25) is 0 Å². The maximum absolute atomic E-state index is 12.8. The average Bonchev–Trinajstić information content (AvgIpc) is 2.38. The molecular weight excluding hydrogens is 287 g/mol. The summed E-state index contributed by atoms with van der Waals surface area (Å²) < 4.78 is 43.2. The number of aromatic amines is 1. The van der Waals surface area contributed by atoms with E-state index in [0.29, 0.717) is 0 Å². The number of hydrogen-bond donors (Lipinski definition) is 1. The lowest BCUT2D eigenvalue weighted by Gasteiger charge is -2.11. The molecule has 7 heteroatoms. The number of pyridine rings is 1. The Hall–Kier alpha value is -2.31. The fraction of sp³-hybridized carbons (Fsp3) is 0.286. The van der Waals surface area contributed by atoms with Crippen LogP contribution in [0.3, 0.4) is 0 Å². The molecule has 1 N–H and O–H groups in total. The molecule has 0 amide bonds. The maximum Gasteiger partial charge on any atom is 0.416 e. The van der Waals surface area contributed by atoms with Crippen LogP contribution in [0.15, 0.2) is 23.1 Å². The topological polar surface area (TPSA) is 59.2 Å². The normalized spacial score (nSPS) is 11.7. The molecule has 1 aromatic heterocycles. The van der Waals surface area contributed by atoms with Crippen molar-refractivity contribution < 1.29 is 22.7 Å². The predicted octanol–water partition coefficient (Wildman–Crippen LogP) is 3.03. The van der Waals surface area contributed by atoms with E-state index in [4.69, 9.17) is 4.74 Å². The van der Waals surface area contributed by atoms with Gasteiger partial charge in [-0.05, 0) is 31.5 Å².